The van der Waals surface area contributed by atoms with Crippen molar-refractivity contribution in [3.05, 3.63) is 48.2 Å². The Balaban J connectivity index is 1.98. The summed E-state index contributed by atoms with van der Waals surface area (Å²) >= 11 is 0. The maximum absolute atomic E-state index is 14.0. The molecule has 3 N–H and O–H groups in total. The number of aromatic nitrogens is 3. The van der Waals surface area contributed by atoms with E-state index in [1.54, 1.807) is 22.8 Å². The van der Waals surface area contributed by atoms with E-state index >= 15 is 0 Å². The normalized spacial score (nSPS) is 12.9. The summed E-state index contributed by atoms with van der Waals surface area (Å²) in [5.74, 6) is -0.943. The van der Waals surface area contributed by atoms with Crippen LogP contribution in [0.3, 0.4) is 0 Å². The number of hydrogen-bond donors (Lipinski definition) is 3. The summed E-state index contributed by atoms with van der Waals surface area (Å²) in [6, 6.07) is 4.69. The average molecular weight is 417 g/mol. The highest BCUT2D eigenvalue weighted by molar-refractivity contribution is 6.03. The number of nitrogens with zero attached hydrogens (tertiary/aromatic N) is 3. The molecule has 0 fully saturated rings. The van der Waals surface area contributed by atoms with Gasteiger partial charge in [-0.15, -0.1) is 0 Å². The highest BCUT2D eigenvalue weighted by Gasteiger charge is 2.27. The second-order valence-corrected chi connectivity index (χ2v) is 7.98. The van der Waals surface area contributed by atoms with E-state index in [1.807, 2.05) is 13.8 Å². The van der Waals surface area contributed by atoms with Crippen LogP contribution in [0, 0.1) is 5.82 Å². The van der Waals surface area contributed by atoms with Crippen LogP contribution in [0.15, 0.2) is 36.8 Å². The van der Waals surface area contributed by atoms with Crippen LogP contribution in [0.25, 0.3) is 16.8 Å². The van der Waals surface area contributed by atoms with Crippen molar-refractivity contribution >= 4 is 17.1 Å². The first kappa shape index (κ1) is 21.6. The lowest BCUT2D eigenvalue weighted by atomic mass is 10.0. The lowest BCUT2D eigenvalue weighted by Crippen LogP contribution is -2.42. The molecular weight excluding hydrogens is 392 g/mol. The zero-order valence-electron chi connectivity index (χ0n) is 17.3. The fraction of sp³-hybridized carbons (Fsp3) is 0.381. The van der Waals surface area contributed by atoms with E-state index in [9.17, 15) is 18.7 Å². The van der Waals surface area contributed by atoms with Crippen LogP contribution in [0.4, 0.5) is 14.5 Å². The highest BCUT2D eigenvalue weighted by atomic mass is 19.1. The molecule has 1 atom stereocenters. The summed E-state index contributed by atoms with van der Waals surface area (Å²) in [6.07, 6.45) is 2.64. The molecule has 0 aromatic carbocycles. The Hall–Kier alpha value is -3.07. The standard InChI is InChI=1S/C21H25F2N5O2/c1-12(2)27-19-15(20(29)25-10-18(23)21(3,4)30)9-26-28-11-13(7-17(19)28)16-6-5-14(22)8-24-16/h5-9,11-12,18,27,30H,10H2,1-4H3,(H,25,29). The van der Waals surface area contributed by atoms with E-state index in [2.05, 4.69) is 20.7 Å². The van der Waals surface area contributed by atoms with Crippen LogP contribution in [0.2, 0.25) is 0 Å². The van der Waals surface area contributed by atoms with Crippen molar-refractivity contribution in [3.8, 4) is 11.3 Å². The Morgan fingerprint density at radius 2 is 2.03 bits per heavy atom. The summed E-state index contributed by atoms with van der Waals surface area (Å²) < 4.78 is 28.8. The first-order chi connectivity index (χ1) is 14.1. The molecule has 3 aromatic heterocycles. The van der Waals surface area contributed by atoms with Crippen LogP contribution >= 0.6 is 0 Å². The van der Waals surface area contributed by atoms with Gasteiger partial charge < -0.3 is 15.7 Å². The van der Waals surface area contributed by atoms with Gasteiger partial charge in [-0.25, -0.2) is 13.3 Å². The molecule has 0 bridgehead atoms. The van der Waals surface area contributed by atoms with E-state index in [-0.39, 0.29) is 18.2 Å². The second kappa shape index (κ2) is 8.35. The Morgan fingerprint density at radius 3 is 2.63 bits per heavy atom. The zero-order valence-corrected chi connectivity index (χ0v) is 17.3. The van der Waals surface area contributed by atoms with E-state index in [4.69, 9.17) is 0 Å². The molecule has 7 nitrogen and oxygen atoms in total. The third-order valence-electron chi connectivity index (χ3n) is 4.55. The fourth-order valence-electron chi connectivity index (χ4n) is 2.88. The number of alkyl halides is 1. The van der Waals surface area contributed by atoms with E-state index in [0.717, 1.165) is 6.20 Å². The first-order valence-corrected chi connectivity index (χ1v) is 9.60. The van der Waals surface area contributed by atoms with Crippen molar-refractivity contribution in [1.82, 2.24) is 19.9 Å². The van der Waals surface area contributed by atoms with Gasteiger partial charge in [0, 0.05) is 17.8 Å². The quantitative estimate of drug-likeness (QED) is 0.549. The number of amides is 1. The number of hydrogen-bond acceptors (Lipinski definition) is 5. The van der Waals surface area contributed by atoms with Crippen molar-refractivity contribution in [2.24, 2.45) is 0 Å². The molecule has 0 saturated heterocycles. The summed E-state index contributed by atoms with van der Waals surface area (Å²) in [7, 11) is 0. The van der Waals surface area contributed by atoms with Gasteiger partial charge in [-0.3, -0.25) is 9.78 Å². The van der Waals surface area contributed by atoms with Gasteiger partial charge in [-0.05, 0) is 45.9 Å². The number of halogens is 2. The predicted octanol–water partition coefficient (Wildman–Crippen LogP) is 3.19. The highest BCUT2D eigenvalue weighted by Crippen LogP contribution is 2.28. The molecule has 0 saturated carbocycles. The lowest BCUT2D eigenvalue weighted by Gasteiger charge is -2.23. The fourth-order valence-corrected chi connectivity index (χ4v) is 2.88. The van der Waals surface area contributed by atoms with E-state index in [1.165, 1.54) is 26.1 Å². The molecule has 3 heterocycles. The summed E-state index contributed by atoms with van der Waals surface area (Å²) in [4.78, 5) is 16.8. The third kappa shape index (κ3) is 4.73. The van der Waals surface area contributed by atoms with Crippen LogP contribution in [-0.2, 0) is 0 Å². The topological polar surface area (TPSA) is 91.5 Å². The molecular formula is C21H25F2N5O2. The van der Waals surface area contributed by atoms with Crippen molar-refractivity contribution in [2.45, 2.75) is 45.5 Å². The van der Waals surface area contributed by atoms with E-state index < -0.39 is 23.5 Å². The van der Waals surface area contributed by atoms with Gasteiger partial charge in [0.05, 0.1) is 47.0 Å². The smallest absolute Gasteiger partial charge is 0.255 e. The molecule has 0 radical (unpaired) electrons. The number of pyridine rings is 1. The van der Waals surface area contributed by atoms with Crippen LogP contribution < -0.4 is 10.6 Å². The molecule has 0 aliphatic heterocycles. The summed E-state index contributed by atoms with van der Waals surface area (Å²) in [5.41, 5.74) is 1.11. The Kier molecular flexibility index (Phi) is 6.02. The van der Waals surface area contributed by atoms with Gasteiger partial charge in [-0.2, -0.15) is 5.10 Å². The number of nitrogens with one attached hydrogen (secondary N) is 2. The predicted molar refractivity (Wildman–Crippen MR) is 111 cm³/mol. The molecule has 0 aliphatic rings. The van der Waals surface area contributed by atoms with Crippen LogP contribution in [-0.4, -0.2) is 50.0 Å². The molecule has 30 heavy (non-hydrogen) atoms. The lowest BCUT2D eigenvalue weighted by molar-refractivity contribution is -0.00177. The number of aliphatic hydroxyl groups is 1. The van der Waals surface area contributed by atoms with Gasteiger partial charge in [0.2, 0.25) is 0 Å². The molecule has 0 spiro atoms. The van der Waals surface area contributed by atoms with Gasteiger partial charge in [-0.1, -0.05) is 0 Å². The second-order valence-electron chi connectivity index (χ2n) is 7.98. The minimum absolute atomic E-state index is 0.00958. The Morgan fingerprint density at radius 1 is 1.30 bits per heavy atom. The molecule has 0 aliphatic carbocycles. The van der Waals surface area contributed by atoms with Crippen molar-refractivity contribution in [3.63, 3.8) is 0 Å². The SMILES string of the molecule is CC(C)Nc1c(C(=O)NCC(F)C(C)(C)O)cnn2cc(-c3ccc(F)cn3)cc12. The molecule has 9 heteroatoms. The summed E-state index contributed by atoms with van der Waals surface area (Å²) in [6.45, 7) is 6.20. The average Bonchev–Trinajstić information content (AvgIpc) is 3.10. The minimum Gasteiger partial charge on any atom is -0.387 e. The van der Waals surface area contributed by atoms with Gasteiger partial charge in [0.25, 0.3) is 5.91 Å². The summed E-state index contributed by atoms with van der Waals surface area (Å²) in [5, 5.41) is 19.8. The number of rotatable bonds is 7. The Bertz CT molecular complexity index is 1040. The number of carbonyl (C=O) groups excluding carboxylic acids is 1. The molecule has 1 amide bonds. The zero-order chi connectivity index (χ0) is 22.1. The molecule has 3 rings (SSSR count). The minimum atomic E-state index is -1.62. The van der Waals surface area contributed by atoms with Gasteiger partial charge >= 0.3 is 0 Å². The van der Waals surface area contributed by atoms with Crippen molar-refractivity contribution in [1.29, 1.82) is 0 Å². The third-order valence-corrected chi connectivity index (χ3v) is 4.55. The Labute approximate surface area is 173 Å². The van der Waals surface area contributed by atoms with Gasteiger partial charge in [0.1, 0.15) is 12.0 Å². The van der Waals surface area contributed by atoms with Gasteiger partial charge in [0.15, 0.2) is 0 Å². The molecule has 160 valence electrons. The monoisotopic (exact) mass is 417 g/mol. The number of carbonyl (C=O) groups is 1. The van der Waals surface area contributed by atoms with Crippen LogP contribution in [0.1, 0.15) is 38.1 Å². The van der Waals surface area contributed by atoms with E-state index in [0.29, 0.717) is 22.5 Å². The largest absolute Gasteiger partial charge is 0.387 e. The van der Waals surface area contributed by atoms with Crippen LogP contribution in [0.5, 0.6) is 0 Å². The van der Waals surface area contributed by atoms with Crippen molar-refractivity contribution in [2.75, 3.05) is 11.9 Å². The first-order valence-electron chi connectivity index (χ1n) is 9.60. The maximum Gasteiger partial charge on any atom is 0.255 e. The molecule has 1 unspecified atom stereocenters. The molecule has 3 aromatic rings. The van der Waals surface area contributed by atoms with Crippen molar-refractivity contribution < 1.29 is 18.7 Å². The number of fused-ring (bicyclic) bond motifs is 1. The maximum atomic E-state index is 14.0. The number of anilines is 1.